The van der Waals surface area contributed by atoms with E-state index >= 15 is 0 Å². The zero-order chi connectivity index (χ0) is 17.1. The Morgan fingerprint density at radius 1 is 0.920 bits per heavy atom. The maximum atomic E-state index is 6.10. The maximum absolute atomic E-state index is 6.10. The minimum Gasteiger partial charge on any atom is -0.370 e. The van der Waals surface area contributed by atoms with Gasteiger partial charge in [-0.15, -0.1) is 0 Å². The third-order valence-corrected chi connectivity index (χ3v) is 5.12. The van der Waals surface area contributed by atoms with E-state index in [-0.39, 0.29) is 24.4 Å². The number of rotatable bonds is 6. The molecule has 4 heteroatoms. The Morgan fingerprint density at radius 2 is 1.60 bits per heavy atom. The van der Waals surface area contributed by atoms with Crippen molar-refractivity contribution >= 4 is 5.69 Å². The Labute approximate surface area is 149 Å². The van der Waals surface area contributed by atoms with Crippen molar-refractivity contribution < 1.29 is 14.2 Å². The lowest BCUT2D eigenvalue weighted by Crippen LogP contribution is -2.45. The van der Waals surface area contributed by atoms with Crippen molar-refractivity contribution in [2.75, 3.05) is 24.7 Å². The minimum atomic E-state index is 0.00434. The highest BCUT2D eigenvalue weighted by molar-refractivity contribution is 5.47. The van der Waals surface area contributed by atoms with Crippen LogP contribution in [0.5, 0.6) is 0 Å². The van der Waals surface area contributed by atoms with E-state index in [1.807, 2.05) is 24.3 Å². The van der Waals surface area contributed by atoms with Crippen LogP contribution < -0.4 is 4.90 Å². The molecule has 25 heavy (non-hydrogen) atoms. The molecule has 0 aromatic heterocycles. The Bertz CT molecular complexity index is 663. The molecule has 4 rings (SSSR count). The van der Waals surface area contributed by atoms with Gasteiger partial charge in [-0.25, -0.2) is 0 Å². The molecule has 0 amide bonds. The first-order valence-electron chi connectivity index (χ1n) is 9.07. The van der Waals surface area contributed by atoms with E-state index in [2.05, 4.69) is 48.2 Å². The number of hydrogen-bond donors (Lipinski definition) is 0. The highest BCUT2D eigenvalue weighted by Crippen LogP contribution is 2.33. The molecule has 0 aliphatic carbocycles. The Balaban J connectivity index is 1.41. The van der Waals surface area contributed by atoms with Crippen molar-refractivity contribution in [3.8, 4) is 0 Å². The van der Waals surface area contributed by atoms with Crippen molar-refractivity contribution in [2.24, 2.45) is 0 Å². The second kappa shape index (κ2) is 7.56. The summed E-state index contributed by atoms with van der Waals surface area (Å²) in [4.78, 5) is 2.38. The monoisotopic (exact) mass is 339 g/mol. The van der Waals surface area contributed by atoms with Gasteiger partial charge in [0, 0.05) is 12.2 Å². The SMILES string of the molecule is CCN(c1ccccc1)[C@H]1CO[C@H]2[C@@H]1OC[C@H]2OCc1ccccc1. The summed E-state index contributed by atoms with van der Waals surface area (Å²) in [5.41, 5.74) is 2.40. The van der Waals surface area contributed by atoms with Crippen LogP contribution in [-0.4, -0.2) is 44.1 Å². The van der Waals surface area contributed by atoms with Crippen LogP contribution in [0, 0.1) is 0 Å². The van der Waals surface area contributed by atoms with E-state index in [1.54, 1.807) is 0 Å². The van der Waals surface area contributed by atoms with E-state index in [0.29, 0.717) is 19.8 Å². The molecule has 0 spiro atoms. The van der Waals surface area contributed by atoms with Gasteiger partial charge in [0.2, 0.25) is 0 Å². The van der Waals surface area contributed by atoms with Crippen molar-refractivity contribution in [2.45, 2.75) is 37.9 Å². The average molecular weight is 339 g/mol. The molecule has 0 radical (unpaired) electrons. The zero-order valence-electron chi connectivity index (χ0n) is 14.6. The van der Waals surface area contributed by atoms with Gasteiger partial charge in [-0.1, -0.05) is 48.5 Å². The van der Waals surface area contributed by atoms with Gasteiger partial charge in [0.15, 0.2) is 0 Å². The van der Waals surface area contributed by atoms with Crippen LogP contribution in [0.1, 0.15) is 12.5 Å². The van der Waals surface area contributed by atoms with Gasteiger partial charge in [0.1, 0.15) is 18.3 Å². The predicted octanol–water partition coefficient (Wildman–Crippen LogP) is 3.26. The molecule has 0 unspecified atom stereocenters. The highest BCUT2D eigenvalue weighted by Gasteiger charge is 2.50. The standard InChI is InChI=1S/C21H25NO3/c1-2-22(17-11-7-4-8-12-17)18-14-24-21-19(15-25-20(18)21)23-13-16-9-5-3-6-10-16/h3-12,18-21H,2,13-15H2,1H3/t18-,19+,20+,21+/m0/s1. The second-order valence-electron chi connectivity index (χ2n) is 6.62. The summed E-state index contributed by atoms with van der Waals surface area (Å²) < 4.78 is 18.3. The number of ether oxygens (including phenoxy) is 3. The lowest BCUT2D eigenvalue weighted by atomic mass is 10.1. The summed E-state index contributed by atoms with van der Waals surface area (Å²) in [5, 5.41) is 0. The first-order chi connectivity index (χ1) is 12.4. The van der Waals surface area contributed by atoms with Gasteiger partial charge >= 0.3 is 0 Å². The van der Waals surface area contributed by atoms with Crippen LogP contribution >= 0.6 is 0 Å². The number of para-hydroxylation sites is 1. The minimum absolute atomic E-state index is 0.00434. The smallest absolute Gasteiger partial charge is 0.114 e. The van der Waals surface area contributed by atoms with E-state index in [1.165, 1.54) is 11.3 Å². The van der Waals surface area contributed by atoms with Gasteiger partial charge in [0.05, 0.1) is 25.9 Å². The number of anilines is 1. The maximum Gasteiger partial charge on any atom is 0.114 e. The second-order valence-corrected chi connectivity index (χ2v) is 6.62. The number of fused-ring (bicyclic) bond motifs is 1. The summed E-state index contributed by atoms with van der Waals surface area (Å²) >= 11 is 0. The normalized spacial score (nSPS) is 28.0. The van der Waals surface area contributed by atoms with E-state index in [0.717, 1.165) is 6.54 Å². The van der Waals surface area contributed by atoms with Gasteiger partial charge < -0.3 is 19.1 Å². The first kappa shape index (κ1) is 16.6. The van der Waals surface area contributed by atoms with Crippen molar-refractivity contribution in [3.05, 3.63) is 66.2 Å². The Kier molecular flexibility index (Phi) is 5.02. The largest absolute Gasteiger partial charge is 0.370 e. The average Bonchev–Trinajstić information content (AvgIpc) is 3.26. The number of hydrogen-bond acceptors (Lipinski definition) is 4. The Hall–Kier alpha value is -1.88. The van der Waals surface area contributed by atoms with Crippen molar-refractivity contribution in [1.29, 1.82) is 0 Å². The van der Waals surface area contributed by atoms with Crippen molar-refractivity contribution in [1.82, 2.24) is 0 Å². The molecule has 132 valence electrons. The van der Waals surface area contributed by atoms with Crippen LogP contribution in [0.15, 0.2) is 60.7 Å². The first-order valence-corrected chi connectivity index (χ1v) is 9.07. The molecule has 2 aliphatic rings. The van der Waals surface area contributed by atoms with Crippen LogP contribution in [0.4, 0.5) is 5.69 Å². The molecular formula is C21H25NO3. The number of likely N-dealkylation sites (N-methyl/N-ethyl adjacent to an activating group) is 1. The van der Waals surface area contributed by atoms with E-state index < -0.39 is 0 Å². The molecule has 2 aliphatic heterocycles. The van der Waals surface area contributed by atoms with Gasteiger partial charge in [0.25, 0.3) is 0 Å². The van der Waals surface area contributed by atoms with Crippen LogP contribution in [0.3, 0.4) is 0 Å². The summed E-state index contributed by atoms with van der Waals surface area (Å²) in [6, 6.07) is 21.0. The quantitative estimate of drug-likeness (QED) is 0.808. The molecule has 0 saturated carbocycles. The van der Waals surface area contributed by atoms with Gasteiger partial charge in [-0.3, -0.25) is 0 Å². The topological polar surface area (TPSA) is 30.9 Å². The summed E-state index contributed by atoms with van der Waals surface area (Å²) in [6.07, 6.45) is 0.0945. The molecule has 2 aromatic rings. The van der Waals surface area contributed by atoms with Crippen molar-refractivity contribution in [3.63, 3.8) is 0 Å². The molecule has 4 atom stereocenters. The molecular weight excluding hydrogens is 314 g/mol. The molecule has 2 heterocycles. The van der Waals surface area contributed by atoms with E-state index in [4.69, 9.17) is 14.2 Å². The van der Waals surface area contributed by atoms with Gasteiger partial charge in [-0.2, -0.15) is 0 Å². The molecule has 0 N–H and O–H groups in total. The third kappa shape index (κ3) is 3.43. The highest BCUT2D eigenvalue weighted by atomic mass is 16.6. The summed E-state index contributed by atoms with van der Waals surface area (Å²) in [7, 11) is 0. The van der Waals surface area contributed by atoms with E-state index in [9.17, 15) is 0 Å². The van der Waals surface area contributed by atoms with Crippen LogP contribution in [0.2, 0.25) is 0 Å². The number of nitrogens with zero attached hydrogens (tertiary/aromatic N) is 1. The lowest BCUT2D eigenvalue weighted by molar-refractivity contribution is -0.0390. The fourth-order valence-corrected chi connectivity index (χ4v) is 3.86. The molecule has 4 nitrogen and oxygen atoms in total. The van der Waals surface area contributed by atoms with Crippen LogP contribution in [0.25, 0.3) is 0 Å². The third-order valence-electron chi connectivity index (χ3n) is 5.12. The predicted molar refractivity (Wildman–Crippen MR) is 97.7 cm³/mol. The fourth-order valence-electron chi connectivity index (χ4n) is 3.86. The van der Waals surface area contributed by atoms with Gasteiger partial charge in [-0.05, 0) is 24.6 Å². The number of benzene rings is 2. The van der Waals surface area contributed by atoms with Crippen LogP contribution in [-0.2, 0) is 20.8 Å². The summed E-state index contributed by atoms with van der Waals surface area (Å²) in [5.74, 6) is 0. The Morgan fingerprint density at radius 3 is 2.32 bits per heavy atom. The lowest BCUT2D eigenvalue weighted by Gasteiger charge is -2.32. The fraction of sp³-hybridized carbons (Fsp3) is 0.429. The summed E-state index contributed by atoms with van der Waals surface area (Å²) in [6.45, 7) is 5.00. The molecule has 0 bridgehead atoms. The molecule has 2 saturated heterocycles. The molecule has 2 fully saturated rings. The zero-order valence-corrected chi connectivity index (χ0v) is 14.6. The molecule has 2 aromatic carbocycles.